The van der Waals surface area contributed by atoms with Crippen LogP contribution in [-0.2, 0) is 0 Å². The van der Waals surface area contributed by atoms with Gasteiger partial charge in [0.2, 0.25) is 0 Å². The molecule has 0 atom stereocenters. The smallest absolute Gasteiger partial charge is 0.423 e. The Bertz CT molecular complexity index is 603. The van der Waals surface area contributed by atoms with Crippen LogP contribution in [0.1, 0.15) is 18.1 Å². The van der Waals surface area contributed by atoms with E-state index in [2.05, 4.69) is 25.1 Å². The molecular weight excluding hydrogens is 235 g/mol. The SMILES string of the molecule is C/C=C\c1cc(-c2cccc(B(O)O)c2)ccc1C. The molecule has 0 radical (unpaired) electrons. The quantitative estimate of drug-likeness (QED) is 0.823. The lowest BCUT2D eigenvalue weighted by Gasteiger charge is -2.08. The van der Waals surface area contributed by atoms with Crippen LogP contribution < -0.4 is 5.46 Å². The highest BCUT2D eigenvalue weighted by Crippen LogP contribution is 2.22. The normalized spacial score (nSPS) is 10.9. The zero-order valence-electron chi connectivity index (χ0n) is 11.2. The van der Waals surface area contributed by atoms with Crippen LogP contribution in [-0.4, -0.2) is 17.2 Å². The lowest BCUT2D eigenvalue weighted by atomic mass is 9.79. The van der Waals surface area contributed by atoms with E-state index in [0.29, 0.717) is 5.46 Å². The summed E-state index contributed by atoms with van der Waals surface area (Å²) in [6, 6.07) is 13.5. The van der Waals surface area contributed by atoms with Crippen LogP contribution in [0, 0.1) is 6.92 Å². The van der Waals surface area contributed by atoms with Gasteiger partial charge in [0.15, 0.2) is 0 Å². The van der Waals surface area contributed by atoms with Crippen molar-refractivity contribution in [3.05, 3.63) is 59.7 Å². The van der Waals surface area contributed by atoms with Crippen LogP contribution in [0.4, 0.5) is 0 Å². The Balaban J connectivity index is 2.47. The fourth-order valence-corrected chi connectivity index (χ4v) is 2.06. The molecule has 0 fully saturated rings. The Morgan fingerprint density at radius 1 is 1.00 bits per heavy atom. The average molecular weight is 252 g/mol. The molecule has 0 spiro atoms. The fourth-order valence-electron chi connectivity index (χ4n) is 2.06. The van der Waals surface area contributed by atoms with Crippen molar-refractivity contribution in [3.8, 4) is 11.1 Å². The Kier molecular flexibility index (Phi) is 4.20. The van der Waals surface area contributed by atoms with Crippen LogP contribution in [0.25, 0.3) is 17.2 Å². The summed E-state index contributed by atoms with van der Waals surface area (Å²) in [4.78, 5) is 0. The van der Waals surface area contributed by atoms with Gasteiger partial charge in [0.25, 0.3) is 0 Å². The van der Waals surface area contributed by atoms with Crippen LogP contribution in [0.3, 0.4) is 0 Å². The Hall–Kier alpha value is -1.84. The van der Waals surface area contributed by atoms with Gasteiger partial charge in [-0.25, -0.2) is 0 Å². The molecule has 0 aliphatic rings. The summed E-state index contributed by atoms with van der Waals surface area (Å²) in [5, 5.41) is 18.4. The first kappa shape index (κ1) is 13.6. The molecule has 0 saturated heterocycles. The first-order valence-corrected chi connectivity index (χ1v) is 6.31. The van der Waals surface area contributed by atoms with Gasteiger partial charge in [-0.1, -0.05) is 48.6 Å². The van der Waals surface area contributed by atoms with E-state index in [1.165, 1.54) is 11.1 Å². The van der Waals surface area contributed by atoms with Gasteiger partial charge < -0.3 is 10.0 Å². The first-order valence-electron chi connectivity index (χ1n) is 6.31. The minimum atomic E-state index is -1.43. The Morgan fingerprint density at radius 3 is 2.42 bits per heavy atom. The minimum absolute atomic E-state index is 0.505. The van der Waals surface area contributed by atoms with E-state index in [-0.39, 0.29) is 0 Å². The number of rotatable bonds is 3. The topological polar surface area (TPSA) is 40.5 Å². The number of benzene rings is 2. The molecule has 0 aliphatic carbocycles. The summed E-state index contributed by atoms with van der Waals surface area (Å²) in [5.41, 5.74) is 4.96. The van der Waals surface area contributed by atoms with E-state index < -0.39 is 7.12 Å². The van der Waals surface area contributed by atoms with Crippen LogP contribution >= 0.6 is 0 Å². The second kappa shape index (κ2) is 5.87. The molecule has 3 heteroatoms. The summed E-state index contributed by atoms with van der Waals surface area (Å²) in [6.45, 7) is 4.07. The minimum Gasteiger partial charge on any atom is -0.423 e. The summed E-state index contributed by atoms with van der Waals surface area (Å²) in [6.07, 6.45) is 4.09. The maximum absolute atomic E-state index is 9.22. The molecule has 0 aromatic heterocycles. The lowest BCUT2D eigenvalue weighted by molar-refractivity contribution is 0.426. The van der Waals surface area contributed by atoms with Gasteiger partial charge in [0.1, 0.15) is 0 Å². The molecule has 0 heterocycles. The van der Waals surface area contributed by atoms with Gasteiger partial charge in [-0.05, 0) is 47.6 Å². The summed E-state index contributed by atoms with van der Waals surface area (Å²) in [5.74, 6) is 0. The molecule has 0 aliphatic heterocycles. The van der Waals surface area contributed by atoms with Gasteiger partial charge >= 0.3 is 7.12 Å². The molecule has 19 heavy (non-hydrogen) atoms. The number of hydrogen-bond donors (Lipinski definition) is 2. The van der Waals surface area contributed by atoms with Crippen molar-refractivity contribution in [2.24, 2.45) is 0 Å². The van der Waals surface area contributed by atoms with Gasteiger partial charge in [-0.3, -0.25) is 0 Å². The highest BCUT2D eigenvalue weighted by Gasteiger charge is 2.11. The third-order valence-electron chi connectivity index (χ3n) is 3.14. The monoisotopic (exact) mass is 252 g/mol. The number of allylic oxidation sites excluding steroid dienone is 1. The molecule has 2 nitrogen and oxygen atoms in total. The summed E-state index contributed by atoms with van der Waals surface area (Å²) >= 11 is 0. The van der Waals surface area contributed by atoms with Gasteiger partial charge in [-0.15, -0.1) is 0 Å². The molecule has 2 aromatic carbocycles. The van der Waals surface area contributed by atoms with Crippen molar-refractivity contribution in [1.82, 2.24) is 0 Å². The van der Waals surface area contributed by atoms with Crippen LogP contribution in [0.5, 0.6) is 0 Å². The highest BCUT2D eigenvalue weighted by atomic mass is 16.4. The van der Waals surface area contributed by atoms with E-state index in [1.807, 2.05) is 31.2 Å². The average Bonchev–Trinajstić information content (AvgIpc) is 2.41. The van der Waals surface area contributed by atoms with Crippen molar-refractivity contribution in [2.45, 2.75) is 13.8 Å². The second-order valence-corrected chi connectivity index (χ2v) is 4.57. The molecule has 0 unspecified atom stereocenters. The van der Waals surface area contributed by atoms with Gasteiger partial charge in [-0.2, -0.15) is 0 Å². The lowest BCUT2D eigenvalue weighted by Crippen LogP contribution is -2.29. The molecule has 2 rings (SSSR count). The van der Waals surface area contributed by atoms with Gasteiger partial charge in [0, 0.05) is 0 Å². The van der Waals surface area contributed by atoms with Gasteiger partial charge in [0.05, 0.1) is 0 Å². The molecule has 0 bridgehead atoms. The fraction of sp³-hybridized carbons (Fsp3) is 0.125. The molecule has 0 saturated carbocycles. The number of hydrogen-bond acceptors (Lipinski definition) is 2. The van der Waals surface area contributed by atoms with E-state index in [4.69, 9.17) is 0 Å². The maximum atomic E-state index is 9.22. The van der Waals surface area contributed by atoms with Crippen LogP contribution in [0.2, 0.25) is 0 Å². The van der Waals surface area contributed by atoms with Crippen molar-refractivity contribution in [3.63, 3.8) is 0 Å². The number of aryl methyl sites for hydroxylation is 1. The maximum Gasteiger partial charge on any atom is 0.488 e. The zero-order chi connectivity index (χ0) is 13.8. The molecule has 0 amide bonds. The molecule has 96 valence electrons. The van der Waals surface area contributed by atoms with E-state index in [9.17, 15) is 10.0 Å². The summed E-state index contributed by atoms with van der Waals surface area (Å²) < 4.78 is 0. The highest BCUT2D eigenvalue weighted by molar-refractivity contribution is 6.58. The third kappa shape index (κ3) is 3.14. The Morgan fingerprint density at radius 2 is 1.74 bits per heavy atom. The van der Waals surface area contributed by atoms with Crippen molar-refractivity contribution in [2.75, 3.05) is 0 Å². The second-order valence-electron chi connectivity index (χ2n) is 4.57. The van der Waals surface area contributed by atoms with Crippen molar-refractivity contribution < 1.29 is 10.0 Å². The zero-order valence-corrected chi connectivity index (χ0v) is 11.2. The molecular formula is C16H17BO2. The Labute approximate surface area is 114 Å². The standard InChI is InChI=1S/C16H17BO2/c1-3-5-13-10-15(9-8-12(13)2)14-6-4-7-16(11-14)17(18)19/h3-11,18-19H,1-2H3/b5-3-. The summed E-state index contributed by atoms with van der Waals surface area (Å²) in [7, 11) is -1.43. The third-order valence-corrected chi connectivity index (χ3v) is 3.14. The predicted molar refractivity (Wildman–Crippen MR) is 81.1 cm³/mol. The largest absolute Gasteiger partial charge is 0.488 e. The van der Waals surface area contributed by atoms with Crippen LogP contribution in [0.15, 0.2) is 48.5 Å². The van der Waals surface area contributed by atoms with Crippen molar-refractivity contribution in [1.29, 1.82) is 0 Å². The van der Waals surface area contributed by atoms with E-state index in [0.717, 1.165) is 11.1 Å². The van der Waals surface area contributed by atoms with Crippen molar-refractivity contribution >= 4 is 18.7 Å². The first-order chi connectivity index (χ1) is 9.11. The van der Waals surface area contributed by atoms with E-state index >= 15 is 0 Å². The predicted octanol–water partition coefficient (Wildman–Crippen LogP) is 2.37. The molecule has 2 aromatic rings. The van der Waals surface area contributed by atoms with E-state index in [1.54, 1.807) is 12.1 Å². The molecule has 2 N–H and O–H groups in total.